The number of nitrogens with zero attached hydrogens (tertiary/aromatic N) is 1. The predicted octanol–water partition coefficient (Wildman–Crippen LogP) is 4.92. The minimum atomic E-state index is -0.187. The number of hydrogen-bond acceptors (Lipinski definition) is 3. The summed E-state index contributed by atoms with van der Waals surface area (Å²) in [6.45, 7) is 2.01. The zero-order valence-corrected chi connectivity index (χ0v) is 15.3. The molecule has 5 heteroatoms. The lowest BCUT2D eigenvalue weighted by molar-refractivity contribution is -0.120. The maximum Gasteiger partial charge on any atom is 0.225 e. The van der Waals surface area contributed by atoms with Gasteiger partial charge in [0.15, 0.2) is 0 Å². The number of nitriles is 1. The number of carbonyl (C=O) groups excluding carboxylic acids is 1. The summed E-state index contributed by atoms with van der Waals surface area (Å²) in [4.78, 5) is 12.2. The lowest BCUT2D eigenvalue weighted by Crippen LogP contribution is -2.31. The fraction of sp³-hybridized carbons (Fsp3) is 0.200. The number of rotatable bonds is 4. The van der Waals surface area contributed by atoms with Gasteiger partial charge in [0.1, 0.15) is 0 Å². The van der Waals surface area contributed by atoms with Crippen LogP contribution in [0.15, 0.2) is 59.1 Å². The van der Waals surface area contributed by atoms with Crippen molar-refractivity contribution < 1.29 is 4.79 Å². The molecule has 0 saturated heterocycles. The molecule has 2 aromatic rings. The number of hydrogen-bond donors (Lipinski definition) is 1. The van der Waals surface area contributed by atoms with Gasteiger partial charge in [-0.25, -0.2) is 0 Å². The van der Waals surface area contributed by atoms with Crippen molar-refractivity contribution in [1.29, 1.82) is 5.26 Å². The number of halogens is 1. The molecule has 1 amide bonds. The van der Waals surface area contributed by atoms with Crippen LogP contribution >= 0.6 is 23.4 Å². The molecule has 3 nitrogen and oxygen atoms in total. The Bertz CT molecular complexity index is 868. The van der Waals surface area contributed by atoms with E-state index in [9.17, 15) is 10.1 Å². The molecule has 0 saturated carbocycles. The Balaban J connectivity index is 1.89. The zero-order valence-electron chi connectivity index (χ0n) is 13.8. The van der Waals surface area contributed by atoms with Crippen molar-refractivity contribution in [2.24, 2.45) is 0 Å². The van der Waals surface area contributed by atoms with Gasteiger partial charge in [-0.3, -0.25) is 4.79 Å². The molecular formula is C20H17ClN2OS. The van der Waals surface area contributed by atoms with Crippen molar-refractivity contribution in [3.05, 3.63) is 80.8 Å². The van der Waals surface area contributed by atoms with Gasteiger partial charge in [0.25, 0.3) is 0 Å². The van der Waals surface area contributed by atoms with Crippen molar-refractivity contribution in [2.75, 3.05) is 0 Å². The Morgan fingerprint density at radius 1 is 1.24 bits per heavy atom. The minimum absolute atomic E-state index is 0.0501. The molecule has 1 aliphatic rings. The number of aryl methyl sites for hydroxylation is 1. The molecule has 25 heavy (non-hydrogen) atoms. The topological polar surface area (TPSA) is 52.9 Å². The maximum absolute atomic E-state index is 12.2. The first-order valence-corrected chi connectivity index (χ1v) is 9.31. The lowest BCUT2D eigenvalue weighted by atomic mass is 9.85. The van der Waals surface area contributed by atoms with E-state index in [4.69, 9.17) is 11.6 Å². The summed E-state index contributed by atoms with van der Waals surface area (Å²) in [5.74, 6) is 0.428. The summed E-state index contributed by atoms with van der Waals surface area (Å²) in [5, 5.41) is 13.9. The SMILES string of the molecule is Cc1ccccc1[C@@H]1CC(=O)NC(SCc2ccc(Cl)cc2)=C1C#N. The predicted molar refractivity (Wildman–Crippen MR) is 102 cm³/mol. The van der Waals surface area contributed by atoms with Gasteiger partial charge in [0.05, 0.1) is 16.7 Å². The first-order chi connectivity index (χ1) is 12.1. The molecule has 0 radical (unpaired) electrons. The number of allylic oxidation sites excluding steroid dienone is 1. The van der Waals surface area contributed by atoms with Gasteiger partial charge in [0.2, 0.25) is 5.91 Å². The first kappa shape index (κ1) is 17.6. The Morgan fingerprint density at radius 3 is 2.64 bits per heavy atom. The molecule has 0 bridgehead atoms. The van der Waals surface area contributed by atoms with E-state index in [2.05, 4.69) is 11.4 Å². The smallest absolute Gasteiger partial charge is 0.225 e. The highest BCUT2D eigenvalue weighted by Crippen LogP contribution is 2.37. The highest BCUT2D eigenvalue weighted by molar-refractivity contribution is 8.02. The quantitative estimate of drug-likeness (QED) is 0.833. The number of amides is 1. The molecule has 0 aliphatic carbocycles. The highest BCUT2D eigenvalue weighted by Gasteiger charge is 2.30. The molecule has 1 atom stereocenters. The van der Waals surface area contributed by atoms with Gasteiger partial charge in [-0.1, -0.05) is 48.0 Å². The standard InChI is InChI=1S/C20H17ClN2OS/c1-13-4-2-3-5-16(13)17-10-19(24)23-20(18(17)11-22)25-12-14-6-8-15(21)9-7-14/h2-9,17H,10,12H2,1H3,(H,23,24)/t17-/m0/s1. The molecule has 1 heterocycles. The van der Waals surface area contributed by atoms with Crippen LogP contribution in [0.3, 0.4) is 0 Å². The third kappa shape index (κ3) is 4.07. The molecule has 126 valence electrons. The number of thioether (sulfide) groups is 1. The Hall–Kier alpha value is -2.22. The van der Waals surface area contributed by atoms with Gasteiger partial charge in [0, 0.05) is 23.1 Å². The van der Waals surface area contributed by atoms with E-state index >= 15 is 0 Å². The van der Waals surface area contributed by atoms with Gasteiger partial charge in [-0.05, 0) is 35.7 Å². The molecule has 0 spiro atoms. The average molecular weight is 369 g/mol. The lowest BCUT2D eigenvalue weighted by Gasteiger charge is -2.26. The van der Waals surface area contributed by atoms with E-state index in [1.807, 2.05) is 55.5 Å². The van der Waals surface area contributed by atoms with Gasteiger partial charge >= 0.3 is 0 Å². The third-order valence-corrected chi connectivity index (χ3v) is 5.56. The van der Waals surface area contributed by atoms with E-state index in [0.717, 1.165) is 16.7 Å². The average Bonchev–Trinajstić information content (AvgIpc) is 2.61. The summed E-state index contributed by atoms with van der Waals surface area (Å²) >= 11 is 7.39. The van der Waals surface area contributed by atoms with Crippen molar-refractivity contribution in [3.63, 3.8) is 0 Å². The van der Waals surface area contributed by atoms with Crippen LogP contribution in [0.2, 0.25) is 5.02 Å². The van der Waals surface area contributed by atoms with Crippen LogP contribution in [0.1, 0.15) is 29.0 Å². The van der Waals surface area contributed by atoms with Crippen molar-refractivity contribution in [2.45, 2.75) is 25.0 Å². The van der Waals surface area contributed by atoms with Crippen LogP contribution in [0.25, 0.3) is 0 Å². The largest absolute Gasteiger partial charge is 0.320 e. The fourth-order valence-electron chi connectivity index (χ4n) is 2.91. The van der Waals surface area contributed by atoms with Crippen LogP contribution < -0.4 is 5.32 Å². The van der Waals surface area contributed by atoms with E-state index in [1.54, 1.807) is 0 Å². The van der Waals surface area contributed by atoms with Crippen LogP contribution in [-0.4, -0.2) is 5.91 Å². The van der Waals surface area contributed by atoms with Crippen molar-refractivity contribution in [1.82, 2.24) is 5.32 Å². The monoisotopic (exact) mass is 368 g/mol. The van der Waals surface area contributed by atoms with E-state index in [0.29, 0.717) is 27.8 Å². The van der Waals surface area contributed by atoms with E-state index in [1.165, 1.54) is 11.8 Å². The third-order valence-electron chi connectivity index (χ3n) is 4.22. The minimum Gasteiger partial charge on any atom is -0.320 e. The van der Waals surface area contributed by atoms with Crippen LogP contribution in [0, 0.1) is 18.3 Å². The molecule has 2 aromatic carbocycles. The maximum atomic E-state index is 12.2. The molecule has 0 aromatic heterocycles. The highest BCUT2D eigenvalue weighted by atomic mass is 35.5. The summed E-state index contributed by atoms with van der Waals surface area (Å²) < 4.78 is 0. The van der Waals surface area contributed by atoms with Crippen LogP contribution in [0.5, 0.6) is 0 Å². The molecular weight excluding hydrogens is 352 g/mol. The van der Waals surface area contributed by atoms with Gasteiger partial charge < -0.3 is 5.32 Å². The first-order valence-electron chi connectivity index (χ1n) is 7.95. The van der Waals surface area contributed by atoms with Crippen molar-refractivity contribution >= 4 is 29.3 Å². The van der Waals surface area contributed by atoms with Gasteiger partial charge in [-0.2, -0.15) is 5.26 Å². The number of benzene rings is 2. The Labute approximate surface area is 156 Å². The zero-order chi connectivity index (χ0) is 17.8. The fourth-order valence-corrected chi connectivity index (χ4v) is 4.07. The second-order valence-electron chi connectivity index (χ2n) is 5.93. The molecule has 0 fully saturated rings. The number of carbonyl (C=O) groups is 1. The Morgan fingerprint density at radius 2 is 1.96 bits per heavy atom. The Kier molecular flexibility index (Phi) is 5.47. The molecule has 1 N–H and O–H groups in total. The van der Waals surface area contributed by atoms with Crippen LogP contribution in [0.4, 0.5) is 0 Å². The van der Waals surface area contributed by atoms with Crippen molar-refractivity contribution in [3.8, 4) is 6.07 Å². The normalized spacial score (nSPS) is 17.2. The van der Waals surface area contributed by atoms with E-state index in [-0.39, 0.29) is 11.8 Å². The number of nitrogens with one attached hydrogen (secondary N) is 1. The van der Waals surface area contributed by atoms with E-state index < -0.39 is 0 Å². The summed E-state index contributed by atoms with van der Waals surface area (Å²) in [5.41, 5.74) is 3.86. The van der Waals surface area contributed by atoms with Crippen LogP contribution in [-0.2, 0) is 10.5 Å². The summed E-state index contributed by atoms with van der Waals surface area (Å²) in [6.07, 6.45) is 0.304. The van der Waals surface area contributed by atoms with Gasteiger partial charge in [-0.15, -0.1) is 11.8 Å². The molecule has 1 aliphatic heterocycles. The second kappa shape index (κ2) is 7.77. The molecule has 3 rings (SSSR count). The second-order valence-corrected chi connectivity index (χ2v) is 7.35. The summed E-state index contributed by atoms with van der Waals surface area (Å²) in [6, 6.07) is 17.8. The molecule has 0 unspecified atom stereocenters. The summed E-state index contributed by atoms with van der Waals surface area (Å²) in [7, 11) is 0.